The van der Waals surface area contributed by atoms with Gasteiger partial charge in [-0.15, -0.1) is 0 Å². The Bertz CT molecular complexity index is 369. The summed E-state index contributed by atoms with van der Waals surface area (Å²) in [5.41, 5.74) is 0. The number of amides is 3. The van der Waals surface area contributed by atoms with Gasteiger partial charge in [-0.3, -0.25) is 4.79 Å². The Labute approximate surface area is 118 Å². The molecule has 0 radical (unpaired) electrons. The van der Waals surface area contributed by atoms with Crippen molar-refractivity contribution in [3.8, 4) is 0 Å². The number of carbonyl (C=O) groups excluding carboxylic acids is 2. The molecule has 1 unspecified atom stereocenters. The van der Waals surface area contributed by atoms with Crippen molar-refractivity contribution in [1.82, 2.24) is 16.0 Å². The van der Waals surface area contributed by atoms with Gasteiger partial charge in [0.25, 0.3) is 0 Å². The molecule has 1 aliphatic rings. The fourth-order valence-electron chi connectivity index (χ4n) is 1.69. The van der Waals surface area contributed by atoms with E-state index in [2.05, 4.69) is 16.0 Å². The molecule has 114 valence electrons. The predicted octanol–water partition coefficient (Wildman–Crippen LogP) is 0.454. The maximum Gasteiger partial charge on any atom is 0.326 e. The lowest BCUT2D eigenvalue weighted by atomic mass is 9.99. The van der Waals surface area contributed by atoms with Crippen LogP contribution in [-0.2, 0) is 9.59 Å². The summed E-state index contributed by atoms with van der Waals surface area (Å²) < 4.78 is 0. The van der Waals surface area contributed by atoms with E-state index in [0.29, 0.717) is 12.5 Å². The highest BCUT2D eigenvalue weighted by molar-refractivity contribution is 5.83. The second-order valence-electron chi connectivity index (χ2n) is 5.19. The lowest BCUT2D eigenvalue weighted by Gasteiger charge is -2.20. The average molecular weight is 285 g/mol. The number of carboxylic acids is 1. The fraction of sp³-hybridized carbons (Fsp3) is 0.769. The molecule has 0 bridgehead atoms. The van der Waals surface area contributed by atoms with E-state index in [9.17, 15) is 14.4 Å². The normalized spacial score (nSPS) is 16.9. The van der Waals surface area contributed by atoms with Crippen LogP contribution in [0.15, 0.2) is 0 Å². The Morgan fingerprint density at radius 3 is 2.45 bits per heavy atom. The summed E-state index contributed by atoms with van der Waals surface area (Å²) in [5, 5.41) is 16.8. The molecule has 0 aromatic carbocycles. The zero-order valence-corrected chi connectivity index (χ0v) is 11.9. The van der Waals surface area contributed by atoms with Crippen molar-refractivity contribution in [1.29, 1.82) is 0 Å². The van der Waals surface area contributed by atoms with Crippen molar-refractivity contribution in [3.05, 3.63) is 0 Å². The smallest absolute Gasteiger partial charge is 0.326 e. The molecule has 0 saturated heterocycles. The van der Waals surface area contributed by atoms with Crippen LogP contribution >= 0.6 is 0 Å². The summed E-state index contributed by atoms with van der Waals surface area (Å²) in [5.74, 6) is -1.30. The van der Waals surface area contributed by atoms with Gasteiger partial charge in [0.1, 0.15) is 6.04 Å². The van der Waals surface area contributed by atoms with Crippen LogP contribution in [0.3, 0.4) is 0 Å². The lowest BCUT2D eigenvalue weighted by Crippen LogP contribution is -2.49. The van der Waals surface area contributed by atoms with Crippen LogP contribution in [0.1, 0.15) is 39.5 Å². The van der Waals surface area contributed by atoms with E-state index in [1.807, 2.05) is 6.92 Å². The molecular weight excluding hydrogens is 262 g/mol. The van der Waals surface area contributed by atoms with Crippen LogP contribution in [0.4, 0.5) is 4.79 Å². The molecule has 20 heavy (non-hydrogen) atoms. The SMILES string of the molecule is CCC(C)[C@H](NC(=O)NCCC(=O)NC1CC1)C(=O)O. The maximum atomic E-state index is 11.6. The van der Waals surface area contributed by atoms with Crippen LogP contribution in [0, 0.1) is 5.92 Å². The second-order valence-corrected chi connectivity index (χ2v) is 5.19. The van der Waals surface area contributed by atoms with Gasteiger partial charge < -0.3 is 21.1 Å². The summed E-state index contributed by atoms with van der Waals surface area (Å²) in [6, 6.07) is -1.17. The van der Waals surface area contributed by atoms with Gasteiger partial charge in [-0.1, -0.05) is 20.3 Å². The summed E-state index contributed by atoms with van der Waals surface area (Å²) in [7, 11) is 0. The molecule has 7 heteroatoms. The summed E-state index contributed by atoms with van der Waals surface area (Å²) in [6.07, 6.45) is 2.90. The Kier molecular flexibility index (Phi) is 6.27. The van der Waals surface area contributed by atoms with Gasteiger partial charge in [0.15, 0.2) is 0 Å². The first-order valence-electron chi connectivity index (χ1n) is 7.00. The van der Waals surface area contributed by atoms with Gasteiger partial charge in [-0.05, 0) is 18.8 Å². The Morgan fingerprint density at radius 1 is 1.30 bits per heavy atom. The first-order chi connectivity index (χ1) is 9.43. The van der Waals surface area contributed by atoms with E-state index < -0.39 is 18.0 Å². The van der Waals surface area contributed by atoms with Crippen LogP contribution < -0.4 is 16.0 Å². The van der Waals surface area contributed by atoms with Crippen molar-refractivity contribution in [3.63, 3.8) is 0 Å². The molecule has 0 aromatic heterocycles. The van der Waals surface area contributed by atoms with Crippen LogP contribution in [0.2, 0.25) is 0 Å². The third-order valence-electron chi connectivity index (χ3n) is 3.35. The summed E-state index contributed by atoms with van der Waals surface area (Å²) in [6.45, 7) is 3.82. The maximum absolute atomic E-state index is 11.6. The third kappa shape index (κ3) is 5.90. The van der Waals surface area contributed by atoms with Crippen molar-refractivity contribution in [2.24, 2.45) is 5.92 Å². The standard InChI is InChI=1S/C13H23N3O4/c1-3-8(2)11(12(18)19)16-13(20)14-7-6-10(17)15-9-4-5-9/h8-9,11H,3-7H2,1-2H3,(H,15,17)(H,18,19)(H2,14,16,20)/t8?,11-/m0/s1. The van der Waals surface area contributed by atoms with Crippen molar-refractivity contribution in [2.45, 2.75) is 51.6 Å². The van der Waals surface area contributed by atoms with Gasteiger partial charge >= 0.3 is 12.0 Å². The van der Waals surface area contributed by atoms with Gasteiger partial charge in [-0.25, -0.2) is 9.59 Å². The van der Waals surface area contributed by atoms with E-state index in [4.69, 9.17) is 5.11 Å². The largest absolute Gasteiger partial charge is 0.480 e. The van der Waals surface area contributed by atoms with Crippen LogP contribution in [0.25, 0.3) is 0 Å². The molecule has 0 aliphatic heterocycles. The van der Waals surface area contributed by atoms with E-state index in [0.717, 1.165) is 12.8 Å². The minimum absolute atomic E-state index is 0.0930. The molecule has 1 rings (SSSR count). The second kappa shape index (κ2) is 7.72. The first-order valence-corrected chi connectivity index (χ1v) is 7.00. The monoisotopic (exact) mass is 285 g/mol. The van der Waals surface area contributed by atoms with E-state index in [1.54, 1.807) is 6.92 Å². The number of carboxylic acid groups (broad SMARTS) is 1. The Balaban J connectivity index is 2.23. The zero-order chi connectivity index (χ0) is 15.1. The Hall–Kier alpha value is -1.79. The Morgan fingerprint density at radius 2 is 1.95 bits per heavy atom. The lowest BCUT2D eigenvalue weighted by molar-refractivity contribution is -0.140. The van der Waals surface area contributed by atoms with E-state index >= 15 is 0 Å². The summed E-state index contributed by atoms with van der Waals surface area (Å²) in [4.78, 5) is 34.0. The highest BCUT2D eigenvalue weighted by Gasteiger charge is 2.25. The summed E-state index contributed by atoms with van der Waals surface area (Å²) >= 11 is 0. The van der Waals surface area contributed by atoms with Crippen LogP contribution in [0.5, 0.6) is 0 Å². The molecule has 1 saturated carbocycles. The number of carbonyl (C=O) groups is 3. The molecule has 4 N–H and O–H groups in total. The first kappa shape index (κ1) is 16.3. The molecule has 2 atom stereocenters. The highest BCUT2D eigenvalue weighted by atomic mass is 16.4. The number of hydrogen-bond acceptors (Lipinski definition) is 3. The zero-order valence-electron chi connectivity index (χ0n) is 11.9. The van der Waals surface area contributed by atoms with Crippen molar-refractivity contribution in [2.75, 3.05) is 6.54 Å². The average Bonchev–Trinajstić information content (AvgIpc) is 3.18. The van der Waals surface area contributed by atoms with Gasteiger partial charge in [0.2, 0.25) is 5.91 Å². The molecule has 1 aliphatic carbocycles. The number of hydrogen-bond donors (Lipinski definition) is 4. The van der Waals surface area contributed by atoms with Crippen LogP contribution in [-0.4, -0.2) is 41.6 Å². The fourth-order valence-corrected chi connectivity index (χ4v) is 1.69. The number of rotatable bonds is 8. The van der Waals surface area contributed by atoms with Gasteiger partial charge in [-0.2, -0.15) is 0 Å². The molecule has 7 nitrogen and oxygen atoms in total. The highest BCUT2D eigenvalue weighted by Crippen LogP contribution is 2.18. The van der Waals surface area contributed by atoms with Gasteiger partial charge in [0, 0.05) is 19.0 Å². The minimum atomic E-state index is -1.05. The van der Waals surface area contributed by atoms with Gasteiger partial charge in [0.05, 0.1) is 0 Å². The predicted molar refractivity (Wildman–Crippen MR) is 73.2 cm³/mol. The molecule has 0 aromatic rings. The van der Waals surface area contributed by atoms with Crippen molar-refractivity contribution < 1.29 is 19.5 Å². The third-order valence-corrected chi connectivity index (χ3v) is 3.35. The van der Waals surface area contributed by atoms with E-state index in [1.165, 1.54) is 0 Å². The topological polar surface area (TPSA) is 108 Å². The number of aliphatic carboxylic acids is 1. The number of nitrogens with one attached hydrogen (secondary N) is 3. The molecule has 0 spiro atoms. The molecular formula is C13H23N3O4. The molecule has 1 fully saturated rings. The quantitative estimate of drug-likeness (QED) is 0.519. The van der Waals surface area contributed by atoms with E-state index in [-0.39, 0.29) is 24.8 Å². The minimum Gasteiger partial charge on any atom is -0.480 e. The van der Waals surface area contributed by atoms with Crippen molar-refractivity contribution >= 4 is 17.9 Å². The molecule has 3 amide bonds. The number of urea groups is 1. The molecule has 0 heterocycles.